The Morgan fingerprint density at radius 2 is 1.65 bits per heavy atom. The summed E-state index contributed by atoms with van der Waals surface area (Å²) in [5.74, 6) is -2.18. The van der Waals surface area contributed by atoms with E-state index >= 15 is 4.39 Å². The molecular weight excluding hydrogens is 699 g/mol. The molecule has 0 aliphatic carbocycles. The lowest BCUT2D eigenvalue weighted by Gasteiger charge is -2.29. The van der Waals surface area contributed by atoms with Gasteiger partial charge in [-0.1, -0.05) is 26.8 Å². The number of anilines is 2. The SMILES string of the molecule is CN1CCC(c2ccc(Nc3cc(-c4ccnc(-n5ncc6cc(C(C)(C)C)cc(F)c6c5=O)c4CO)nn(C)c3=O)nc2)CC1.O=C(O)/C=C/C(=O)O. The predicted molar refractivity (Wildman–Crippen MR) is 200 cm³/mol. The number of aliphatic carboxylic acids is 2. The predicted octanol–water partition coefficient (Wildman–Crippen LogP) is 4.13. The largest absolute Gasteiger partial charge is 0.478 e. The summed E-state index contributed by atoms with van der Waals surface area (Å²) in [5.41, 5.74) is 1.73. The Balaban J connectivity index is 0.000000631. The van der Waals surface area contributed by atoms with E-state index in [2.05, 4.69) is 37.4 Å². The number of carbonyl (C=O) groups is 2. The third kappa shape index (κ3) is 8.90. The molecule has 4 aromatic heterocycles. The first-order chi connectivity index (χ1) is 25.6. The van der Waals surface area contributed by atoms with E-state index in [-0.39, 0.29) is 33.4 Å². The first-order valence-corrected chi connectivity index (χ1v) is 17.0. The number of aryl methyl sites for hydroxylation is 1. The molecule has 1 aliphatic rings. The Morgan fingerprint density at radius 1 is 0.963 bits per heavy atom. The Bertz CT molecular complexity index is 2330. The van der Waals surface area contributed by atoms with Crippen LogP contribution in [0.4, 0.5) is 15.9 Å². The molecule has 0 radical (unpaired) electrons. The van der Waals surface area contributed by atoms with Gasteiger partial charge in [-0.05, 0) is 85.8 Å². The summed E-state index contributed by atoms with van der Waals surface area (Å²) in [6.45, 7) is 7.46. The molecule has 1 aliphatic heterocycles. The number of fused-ring (bicyclic) bond motifs is 1. The van der Waals surface area contributed by atoms with Crippen molar-refractivity contribution in [3.8, 4) is 17.1 Å². The van der Waals surface area contributed by atoms with E-state index in [0.29, 0.717) is 40.5 Å². The summed E-state index contributed by atoms with van der Waals surface area (Å²) in [4.78, 5) is 57.0. The van der Waals surface area contributed by atoms with Gasteiger partial charge in [-0.25, -0.2) is 28.6 Å². The van der Waals surface area contributed by atoms with Crippen LogP contribution >= 0.6 is 0 Å². The quantitative estimate of drug-likeness (QED) is 0.165. The van der Waals surface area contributed by atoms with Crippen molar-refractivity contribution < 1.29 is 29.3 Å². The van der Waals surface area contributed by atoms with Gasteiger partial charge in [0.2, 0.25) is 0 Å². The van der Waals surface area contributed by atoms with Crippen molar-refractivity contribution in [1.29, 1.82) is 0 Å². The second-order valence-electron chi connectivity index (χ2n) is 13.9. The number of halogens is 1. The first kappa shape index (κ1) is 39.1. The molecule has 15 nitrogen and oxygen atoms in total. The zero-order chi connectivity index (χ0) is 39.3. The van der Waals surface area contributed by atoms with Crippen LogP contribution in [0.2, 0.25) is 0 Å². The minimum atomic E-state index is -1.26. The van der Waals surface area contributed by atoms with Crippen LogP contribution in [0.1, 0.15) is 56.2 Å². The smallest absolute Gasteiger partial charge is 0.328 e. The lowest BCUT2D eigenvalue weighted by molar-refractivity contribution is -0.134. The fraction of sp³-hybridized carbons (Fsp3) is 0.316. The molecule has 6 rings (SSSR count). The number of hydrogen-bond donors (Lipinski definition) is 4. The molecule has 0 atom stereocenters. The van der Waals surface area contributed by atoms with Crippen LogP contribution in [0.3, 0.4) is 0 Å². The van der Waals surface area contributed by atoms with Crippen molar-refractivity contribution in [2.45, 2.75) is 51.6 Å². The monoisotopic (exact) mass is 740 g/mol. The maximum absolute atomic E-state index is 15.3. The molecule has 5 aromatic rings. The molecule has 4 N–H and O–H groups in total. The number of rotatable bonds is 8. The summed E-state index contributed by atoms with van der Waals surface area (Å²) in [6, 6.07) is 10.2. The lowest BCUT2D eigenvalue weighted by Crippen LogP contribution is -2.29. The van der Waals surface area contributed by atoms with E-state index in [9.17, 15) is 24.3 Å². The van der Waals surface area contributed by atoms with Gasteiger partial charge in [0, 0.05) is 48.1 Å². The fourth-order valence-electron chi connectivity index (χ4n) is 6.05. The molecule has 1 saturated heterocycles. The van der Waals surface area contributed by atoms with Crippen molar-refractivity contribution in [1.82, 2.24) is 34.4 Å². The number of nitrogens with zero attached hydrogens (tertiary/aromatic N) is 7. The van der Waals surface area contributed by atoms with Gasteiger partial charge in [0.15, 0.2) is 5.82 Å². The minimum Gasteiger partial charge on any atom is -0.478 e. The Hall–Kier alpha value is -6.13. The van der Waals surface area contributed by atoms with Gasteiger partial charge in [-0.3, -0.25) is 9.59 Å². The van der Waals surface area contributed by atoms with Gasteiger partial charge in [0.25, 0.3) is 11.1 Å². The highest BCUT2D eigenvalue weighted by atomic mass is 19.1. The second-order valence-corrected chi connectivity index (χ2v) is 13.9. The fourth-order valence-corrected chi connectivity index (χ4v) is 6.05. The normalized spacial score (nSPS) is 13.8. The van der Waals surface area contributed by atoms with Crippen molar-refractivity contribution in [2.75, 3.05) is 25.5 Å². The van der Waals surface area contributed by atoms with E-state index < -0.39 is 29.9 Å². The van der Waals surface area contributed by atoms with Crippen LogP contribution in [0.15, 0.2) is 76.7 Å². The van der Waals surface area contributed by atoms with E-state index in [0.717, 1.165) is 36.2 Å². The van der Waals surface area contributed by atoms with Crippen molar-refractivity contribution >= 4 is 34.2 Å². The number of aliphatic hydroxyl groups excluding tert-OH is 1. The highest BCUT2D eigenvalue weighted by Gasteiger charge is 2.22. The Morgan fingerprint density at radius 3 is 2.24 bits per heavy atom. The van der Waals surface area contributed by atoms with Crippen LogP contribution in [0, 0.1) is 5.82 Å². The number of piperidine rings is 1. The summed E-state index contributed by atoms with van der Waals surface area (Å²) in [5, 5.41) is 38.2. The molecule has 54 heavy (non-hydrogen) atoms. The molecular formula is C38H41FN8O7. The molecule has 1 aromatic carbocycles. The van der Waals surface area contributed by atoms with Crippen LogP contribution in [-0.4, -0.2) is 81.8 Å². The lowest BCUT2D eigenvalue weighted by atomic mass is 9.86. The van der Waals surface area contributed by atoms with E-state index in [1.54, 1.807) is 18.2 Å². The van der Waals surface area contributed by atoms with Gasteiger partial charge in [0.1, 0.15) is 17.3 Å². The van der Waals surface area contributed by atoms with Crippen molar-refractivity contribution in [2.24, 2.45) is 7.05 Å². The van der Waals surface area contributed by atoms with E-state index in [4.69, 9.17) is 10.2 Å². The highest BCUT2D eigenvalue weighted by molar-refractivity contribution is 5.89. The number of nitrogens with one attached hydrogen (secondary N) is 1. The van der Waals surface area contributed by atoms with Crippen LogP contribution in [-0.2, 0) is 28.7 Å². The molecule has 1 fully saturated rings. The number of aromatic nitrogens is 6. The van der Waals surface area contributed by atoms with Gasteiger partial charge < -0.3 is 25.5 Å². The molecule has 0 bridgehead atoms. The van der Waals surface area contributed by atoms with E-state index in [1.165, 1.54) is 35.8 Å². The van der Waals surface area contributed by atoms with Gasteiger partial charge in [0.05, 0.1) is 23.9 Å². The standard InChI is InChI=1S/C34H37FN8O3.C4H4O4/c1-34(2,3)23-14-22-18-38-43(33(46)30(22)26(35)15-23)31-25(19-44)24(8-11-36-31)27-16-28(32(45)42(5)40-27)39-29-7-6-21(17-37-29)20-9-12-41(4)13-10-20;5-3(6)1-2-4(7)8/h6-8,11,14-18,20,44H,9-10,12-13,19H2,1-5H3,(H,37,39);1-2H,(H,5,6)(H,7,8)/b;2-1+. The van der Waals surface area contributed by atoms with Crippen LogP contribution in [0.25, 0.3) is 27.8 Å². The maximum Gasteiger partial charge on any atom is 0.328 e. The molecule has 0 unspecified atom stereocenters. The molecule has 0 amide bonds. The molecule has 0 spiro atoms. The third-order valence-corrected chi connectivity index (χ3v) is 9.04. The number of carboxylic acid groups (broad SMARTS) is 2. The average molecular weight is 741 g/mol. The van der Waals surface area contributed by atoms with Crippen molar-refractivity contribution in [3.63, 3.8) is 0 Å². The Kier molecular flexibility index (Phi) is 11.8. The molecule has 5 heterocycles. The number of carboxylic acids is 2. The second kappa shape index (κ2) is 16.3. The van der Waals surface area contributed by atoms with Gasteiger partial charge in [-0.15, -0.1) is 0 Å². The van der Waals surface area contributed by atoms with Crippen molar-refractivity contribution in [3.05, 3.63) is 110 Å². The maximum atomic E-state index is 15.3. The zero-order valence-electron chi connectivity index (χ0n) is 30.4. The van der Waals surface area contributed by atoms with E-state index in [1.807, 2.05) is 39.1 Å². The van der Waals surface area contributed by atoms with Gasteiger partial charge >= 0.3 is 11.9 Å². The Labute approximate surface area is 309 Å². The third-order valence-electron chi connectivity index (χ3n) is 9.04. The van der Waals surface area contributed by atoms with Crippen LogP contribution < -0.4 is 16.4 Å². The number of benzene rings is 1. The first-order valence-electron chi connectivity index (χ1n) is 17.0. The summed E-state index contributed by atoms with van der Waals surface area (Å²) in [7, 11) is 3.66. The highest BCUT2D eigenvalue weighted by Crippen LogP contribution is 2.30. The average Bonchev–Trinajstić information content (AvgIpc) is 3.13. The topological polar surface area (TPSA) is 206 Å². The number of hydrogen-bond acceptors (Lipinski definition) is 11. The molecule has 16 heteroatoms. The number of pyridine rings is 2. The van der Waals surface area contributed by atoms with Gasteiger partial charge in [-0.2, -0.15) is 14.9 Å². The minimum absolute atomic E-state index is 0.0301. The summed E-state index contributed by atoms with van der Waals surface area (Å²) >= 11 is 0. The molecule has 0 saturated carbocycles. The number of likely N-dealkylation sites (tertiary alicyclic amines) is 1. The molecule has 282 valence electrons. The van der Waals surface area contributed by atoms with Crippen LogP contribution in [0.5, 0.6) is 0 Å². The summed E-state index contributed by atoms with van der Waals surface area (Å²) in [6.07, 6.45) is 7.99. The number of aliphatic hydroxyl groups is 1. The zero-order valence-corrected chi connectivity index (χ0v) is 30.4. The summed E-state index contributed by atoms with van der Waals surface area (Å²) < 4.78 is 17.5.